The van der Waals surface area contributed by atoms with Gasteiger partial charge in [-0.1, -0.05) is 60.7 Å². The maximum atomic E-state index is 12.5. The number of aromatic nitrogens is 2. The van der Waals surface area contributed by atoms with Crippen LogP contribution in [0, 0.1) is 0 Å². The number of carbonyl (C=O) groups excluding carboxylic acids is 1. The third-order valence-corrected chi connectivity index (χ3v) is 8.01. The van der Waals surface area contributed by atoms with Crippen molar-refractivity contribution < 1.29 is 24.1 Å². The smallest absolute Gasteiger partial charge is 0.322 e. The van der Waals surface area contributed by atoms with Crippen LogP contribution >= 0.6 is 0 Å². The van der Waals surface area contributed by atoms with Gasteiger partial charge in [-0.05, 0) is 18.1 Å². The van der Waals surface area contributed by atoms with E-state index in [1.807, 2.05) is 19.1 Å². The second-order valence-corrected chi connectivity index (χ2v) is 10.4. The van der Waals surface area contributed by atoms with Gasteiger partial charge in [0.05, 0.1) is 26.4 Å². The molecule has 10 nitrogen and oxygen atoms in total. The SMILES string of the molecule is CCOc1nc(OC)nc(OC)c1CN1C[C@@H]2CN(C(=O)CO)CCN2[C@H](C(c2ccccc2)c2ccccc2)C1. The van der Waals surface area contributed by atoms with E-state index in [9.17, 15) is 9.90 Å². The van der Waals surface area contributed by atoms with Crippen molar-refractivity contribution in [3.05, 3.63) is 77.4 Å². The first kappa shape index (κ1) is 28.8. The van der Waals surface area contributed by atoms with Crippen LogP contribution in [0.15, 0.2) is 60.7 Å². The van der Waals surface area contributed by atoms with Gasteiger partial charge in [0.25, 0.3) is 0 Å². The Labute approximate surface area is 241 Å². The van der Waals surface area contributed by atoms with Gasteiger partial charge >= 0.3 is 6.01 Å². The van der Waals surface area contributed by atoms with Crippen LogP contribution in [-0.4, -0.2) is 108 Å². The fraction of sp³-hybridized carbons (Fsp3) is 0.452. The van der Waals surface area contributed by atoms with Crippen LogP contribution in [0.1, 0.15) is 29.5 Å². The first-order valence-corrected chi connectivity index (χ1v) is 14.1. The number of hydrogen-bond donors (Lipinski definition) is 1. The van der Waals surface area contributed by atoms with Crippen molar-refractivity contribution in [1.82, 2.24) is 24.7 Å². The Morgan fingerprint density at radius 2 is 1.59 bits per heavy atom. The lowest BCUT2D eigenvalue weighted by molar-refractivity contribution is -0.139. The maximum absolute atomic E-state index is 12.5. The molecule has 0 saturated carbocycles. The number of piperazine rings is 2. The van der Waals surface area contributed by atoms with Gasteiger partial charge < -0.3 is 24.2 Å². The Morgan fingerprint density at radius 3 is 2.17 bits per heavy atom. The normalized spacial score (nSPS) is 19.6. The van der Waals surface area contributed by atoms with Crippen molar-refractivity contribution in [2.24, 2.45) is 0 Å². The zero-order chi connectivity index (χ0) is 28.8. The van der Waals surface area contributed by atoms with Gasteiger partial charge in [-0.2, -0.15) is 9.97 Å². The molecule has 1 amide bonds. The number of carbonyl (C=O) groups is 1. The molecule has 2 atom stereocenters. The maximum Gasteiger partial charge on any atom is 0.322 e. The quantitative estimate of drug-likeness (QED) is 0.400. The lowest BCUT2D eigenvalue weighted by Crippen LogP contribution is -2.67. The van der Waals surface area contributed by atoms with Gasteiger partial charge in [0.2, 0.25) is 17.7 Å². The standard InChI is InChI=1S/C31H39N5O5/c1-4-41-30-25(29(39-2)32-31(33-30)40-3)19-34-17-24-18-35(27(38)21-37)15-16-36(24)26(20-34)28(22-11-7-5-8-12-22)23-13-9-6-10-14-23/h5-14,24,26,28,37H,4,15-21H2,1-3H3/t24-,26+/m1/s1. The number of methoxy groups -OCH3 is 2. The Bertz CT molecular complexity index is 1260. The number of hydrogen-bond acceptors (Lipinski definition) is 9. The molecule has 0 spiro atoms. The van der Waals surface area contributed by atoms with Gasteiger partial charge in [-0.15, -0.1) is 0 Å². The molecule has 41 heavy (non-hydrogen) atoms. The molecule has 0 radical (unpaired) electrons. The van der Waals surface area contributed by atoms with Gasteiger partial charge in [0, 0.05) is 57.3 Å². The van der Waals surface area contributed by atoms with Gasteiger partial charge in [-0.25, -0.2) is 0 Å². The first-order valence-electron chi connectivity index (χ1n) is 14.1. The molecule has 0 bridgehead atoms. The average Bonchev–Trinajstić information content (AvgIpc) is 3.02. The molecule has 2 saturated heterocycles. The Kier molecular flexibility index (Phi) is 9.33. The van der Waals surface area contributed by atoms with E-state index >= 15 is 0 Å². The lowest BCUT2D eigenvalue weighted by Gasteiger charge is -2.53. The number of aliphatic hydroxyl groups is 1. The van der Waals surface area contributed by atoms with Crippen LogP contribution < -0.4 is 14.2 Å². The topological polar surface area (TPSA) is 100 Å². The number of rotatable bonds is 10. The molecule has 3 heterocycles. The summed E-state index contributed by atoms with van der Waals surface area (Å²) in [6, 6.07) is 21.7. The summed E-state index contributed by atoms with van der Waals surface area (Å²) in [5.41, 5.74) is 3.26. The number of benzene rings is 2. The average molecular weight is 562 g/mol. The molecule has 3 aromatic rings. The van der Waals surface area contributed by atoms with Crippen molar-refractivity contribution in [1.29, 1.82) is 0 Å². The van der Waals surface area contributed by atoms with E-state index in [0.29, 0.717) is 38.0 Å². The summed E-state index contributed by atoms with van der Waals surface area (Å²) in [5, 5.41) is 9.58. The van der Waals surface area contributed by atoms with Crippen LogP contribution in [-0.2, 0) is 11.3 Å². The summed E-state index contributed by atoms with van der Waals surface area (Å²) in [6.07, 6.45) is 0. The summed E-state index contributed by atoms with van der Waals surface area (Å²) >= 11 is 0. The Hall–Kier alpha value is -3.73. The number of amides is 1. The van der Waals surface area contributed by atoms with Crippen molar-refractivity contribution in [3.8, 4) is 17.8 Å². The van der Waals surface area contributed by atoms with E-state index in [0.717, 1.165) is 25.2 Å². The zero-order valence-electron chi connectivity index (χ0n) is 24.0. The fourth-order valence-corrected chi connectivity index (χ4v) is 6.22. The molecule has 0 aliphatic carbocycles. The van der Waals surface area contributed by atoms with E-state index in [1.54, 1.807) is 12.0 Å². The molecule has 1 aromatic heterocycles. The Balaban J connectivity index is 1.54. The van der Waals surface area contributed by atoms with Gasteiger partial charge in [0.15, 0.2) is 0 Å². The monoisotopic (exact) mass is 561 g/mol. The predicted octanol–water partition coefficient (Wildman–Crippen LogP) is 2.41. The second kappa shape index (κ2) is 13.3. The molecule has 1 N–H and O–H groups in total. The van der Waals surface area contributed by atoms with Crippen molar-refractivity contribution >= 4 is 5.91 Å². The van der Waals surface area contributed by atoms with Crippen LogP contribution in [0.3, 0.4) is 0 Å². The molecule has 2 aliphatic heterocycles. The van der Waals surface area contributed by atoms with Crippen LogP contribution in [0.2, 0.25) is 0 Å². The number of aliphatic hydroxyl groups excluding tert-OH is 1. The zero-order valence-corrected chi connectivity index (χ0v) is 24.0. The first-order chi connectivity index (χ1) is 20.1. The number of ether oxygens (including phenoxy) is 3. The highest BCUT2D eigenvalue weighted by atomic mass is 16.5. The molecular formula is C31H39N5O5. The lowest BCUT2D eigenvalue weighted by atomic mass is 9.81. The van der Waals surface area contributed by atoms with Crippen molar-refractivity contribution in [2.45, 2.75) is 31.5 Å². The molecule has 5 rings (SSSR count). The van der Waals surface area contributed by atoms with E-state index in [1.165, 1.54) is 18.2 Å². The van der Waals surface area contributed by atoms with Gasteiger partial charge in [-0.3, -0.25) is 14.6 Å². The highest BCUT2D eigenvalue weighted by Gasteiger charge is 2.43. The number of fused-ring (bicyclic) bond motifs is 1. The minimum atomic E-state index is -0.478. The molecule has 218 valence electrons. The summed E-state index contributed by atoms with van der Waals surface area (Å²) in [6.45, 7) is 5.78. The molecule has 2 aliphatic rings. The van der Waals surface area contributed by atoms with E-state index < -0.39 is 6.61 Å². The van der Waals surface area contributed by atoms with E-state index in [4.69, 9.17) is 14.2 Å². The minimum absolute atomic E-state index is 0.0774. The molecule has 2 fully saturated rings. The third-order valence-electron chi connectivity index (χ3n) is 8.01. The summed E-state index contributed by atoms with van der Waals surface area (Å²) in [4.78, 5) is 28.2. The molecule has 2 aromatic carbocycles. The Morgan fingerprint density at radius 1 is 0.927 bits per heavy atom. The molecule has 0 unspecified atom stereocenters. The van der Waals surface area contributed by atoms with Crippen LogP contribution in [0.4, 0.5) is 0 Å². The number of nitrogens with zero attached hydrogens (tertiary/aromatic N) is 5. The van der Waals surface area contributed by atoms with Crippen molar-refractivity contribution in [2.75, 3.05) is 60.2 Å². The van der Waals surface area contributed by atoms with E-state index in [-0.39, 0.29) is 29.9 Å². The third kappa shape index (κ3) is 6.29. The second-order valence-electron chi connectivity index (χ2n) is 10.4. The van der Waals surface area contributed by atoms with Crippen LogP contribution in [0.25, 0.3) is 0 Å². The highest BCUT2D eigenvalue weighted by molar-refractivity contribution is 5.77. The minimum Gasteiger partial charge on any atom is -0.481 e. The summed E-state index contributed by atoms with van der Waals surface area (Å²) in [5.74, 6) is 0.745. The fourth-order valence-electron chi connectivity index (χ4n) is 6.22. The summed E-state index contributed by atoms with van der Waals surface area (Å²) < 4.78 is 16.9. The molecular weight excluding hydrogens is 522 g/mol. The largest absolute Gasteiger partial charge is 0.481 e. The molecule has 10 heteroatoms. The van der Waals surface area contributed by atoms with E-state index in [2.05, 4.69) is 68.3 Å². The summed E-state index contributed by atoms with van der Waals surface area (Å²) in [7, 11) is 3.10. The highest BCUT2D eigenvalue weighted by Crippen LogP contribution is 2.37. The predicted molar refractivity (Wildman–Crippen MR) is 154 cm³/mol. The van der Waals surface area contributed by atoms with Crippen LogP contribution in [0.5, 0.6) is 17.8 Å². The van der Waals surface area contributed by atoms with Crippen molar-refractivity contribution in [3.63, 3.8) is 0 Å². The van der Waals surface area contributed by atoms with Gasteiger partial charge in [0.1, 0.15) is 6.61 Å².